The molecule has 6 N–H and O–H groups in total. The van der Waals surface area contributed by atoms with Gasteiger partial charge in [-0.05, 0) is 6.26 Å². The summed E-state index contributed by atoms with van der Waals surface area (Å²) in [5.41, 5.74) is -1.74. The number of phosphoric ester groups is 1. The second kappa shape index (κ2) is 10.7. The lowest BCUT2D eigenvalue weighted by Crippen LogP contribution is -2.38. The number of aliphatic hydroxyl groups is 1. The van der Waals surface area contributed by atoms with Crippen LogP contribution in [0.1, 0.15) is 6.23 Å². The number of phosphoric acid groups is 3. The summed E-state index contributed by atoms with van der Waals surface area (Å²) in [6, 6.07) is 0.937. The minimum absolute atomic E-state index is 0.126. The van der Waals surface area contributed by atoms with Crippen LogP contribution in [0.3, 0.4) is 0 Å². The van der Waals surface area contributed by atoms with Crippen LogP contribution in [0.15, 0.2) is 21.9 Å². The van der Waals surface area contributed by atoms with Gasteiger partial charge in [0.15, 0.2) is 6.23 Å². The molecule has 1 aliphatic heterocycles. The van der Waals surface area contributed by atoms with E-state index in [0.717, 1.165) is 16.8 Å². The Kier molecular flexibility index (Phi) is 9.23. The van der Waals surface area contributed by atoms with E-state index in [0.29, 0.717) is 0 Å². The molecule has 1 aromatic rings. The van der Waals surface area contributed by atoms with Crippen molar-refractivity contribution in [2.24, 2.45) is 0 Å². The van der Waals surface area contributed by atoms with Gasteiger partial charge in [-0.1, -0.05) is 0 Å². The molecule has 1 saturated heterocycles. The molecule has 0 spiro atoms. The number of nitrogens with zero attached hydrogens (tertiary/aromatic N) is 1. The molecule has 0 bridgehead atoms. The van der Waals surface area contributed by atoms with Crippen LogP contribution in [0.4, 0.5) is 0 Å². The Labute approximate surface area is 182 Å². The summed E-state index contributed by atoms with van der Waals surface area (Å²) in [4.78, 5) is 61.3. The van der Waals surface area contributed by atoms with Crippen LogP contribution in [0, 0.1) is 0 Å². The van der Waals surface area contributed by atoms with Crippen LogP contribution >= 0.6 is 35.2 Å². The van der Waals surface area contributed by atoms with Crippen LogP contribution in [-0.4, -0.2) is 71.3 Å². The number of rotatable bonds is 11. The maximum Gasteiger partial charge on any atom is 0.490 e. The molecule has 0 aromatic carbocycles. The van der Waals surface area contributed by atoms with E-state index in [2.05, 4.69) is 8.62 Å². The van der Waals surface area contributed by atoms with E-state index in [1.165, 1.54) is 11.8 Å². The van der Waals surface area contributed by atoms with Gasteiger partial charge in [-0.15, -0.1) is 11.8 Å². The van der Waals surface area contributed by atoms with Crippen molar-refractivity contribution in [1.82, 2.24) is 9.55 Å². The molecule has 184 valence electrons. The highest BCUT2D eigenvalue weighted by molar-refractivity contribution is 7.98. The first-order valence-corrected chi connectivity index (χ1v) is 14.1. The van der Waals surface area contributed by atoms with Crippen molar-refractivity contribution in [3.05, 3.63) is 33.1 Å². The van der Waals surface area contributed by atoms with Crippen molar-refractivity contribution in [2.45, 2.75) is 24.5 Å². The van der Waals surface area contributed by atoms with E-state index in [4.69, 9.17) is 23.8 Å². The zero-order chi connectivity index (χ0) is 24.3. The third-order valence-corrected chi connectivity index (χ3v) is 7.83. The molecule has 0 radical (unpaired) electrons. The van der Waals surface area contributed by atoms with Gasteiger partial charge in [0.05, 0.1) is 12.5 Å². The fraction of sp³-hybridized carbons (Fsp3) is 0.636. The van der Waals surface area contributed by atoms with Gasteiger partial charge >= 0.3 is 29.2 Å². The first-order chi connectivity index (χ1) is 14.6. The van der Waals surface area contributed by atoms with Gasteiger partial charge in [-0.25, -0.2) is 18.5 Å². The van der Waals surface area contributed by atoms with E-state index in [9.17, 15) is 38.2 Å². The molecular weight excluding hydrogens is 525 g/mol. The number of ether oxygens (including phenoxy) is 2. The quantitative estimate of drug-likeness (QED) is 0.109. The van der Waals surface area contributed by atoms with Crippen molar-refractivity contribution in [2.75, 3.05) is 18.8 Å². The molecule has 2 unspecified atom stereocenters. The molecule has 2 rings (SSSR count). The van der Waals surface area contributed by atoms with Crippen molar-refractivity contribution in [3.63, 3.8) is 0 Å². The maximum atomic E-state index is 12.2. The molecule has 6 atom stereocenters. The summed E-state index contributed by atoms with van der Waals surface area (Å²) in [6.45, 7) is -0.354. The van der Waals surface area contributed by atoms with Gasteiger partial charge in [0.25, 0.3) is 5.56 Å². The topological polar surface area (TPSA) is 253 Å². The van der Waals surface area contributed by atoms with Gasteiger partial charge in [0.1, 0.15) is 18.3 Å². The van der Waals surface area contributed by atoms with Crippen LogP contribution in [0.5, 0.6) is 0 Å². The molecule has 32 heavy (non-hydrogen) atoms. The Morgan fingerprint density at radius 1 is 1.16 bits per heavy atom. The molecule has 2 heterocycles. The Balaban J connectivity index is 2.27. The fourth-order valence-corrected chi connectivity index (χ4v) is 6.03. The third kappa shape index (κ3) is 7.97. The molecule has 0 amide bonds. The minimum atomic E-state index is -5.80. The number of aliphatic hydroxyl groups excluding tert-OH is 1. The van der Waals surface area contributed by atoms with Gasteiger partial charge in [0, 0.05) is 12.3 Å². The maximum absolute atomic E-state index is 12.2. The normalized spacial score (nSPS) is 27.7. The van der Waals surface area contributed by atoms with E-state index < -0.39 is 59.3 Å². The van der Waals surface area contributed by atoms with Crippen molar-refractivity contribution in [3.8, 4) is 0 Å². The molecule has 17 nitrogen and oxygen atoms in total. The summed E-state index contributed by atoms with van der Waals surface area (Å²) in [6.07, 6.45) is -3.93. The van der Waals surface area contributed by atoms with E-state index in [1.54, 1.807) is 6.26 Å². The number of aromatic nitrogens is 2. The molecule has 0 aliphatic carbocycles. The zero-order valence-electron chi connectivity index (χ0n) is 15.9. The number of thioether (sulfide) groups is 1. The van der Waals surface area contributed by atoms with Gasteiger partial charge < -0.3 is 34.2 Å². The van der Waals surface area contributed by atoms with Crippen molar-refractivity contribution >= 4 is 35.2 Å². The molecular formula is C11H19N2O15P3S. The van der Waals surface area contributed by atoms with Crippen LogP contribution < -0.4 is 11.2 Å². The van der Waals surface area contributed by atoms with Crippen molar-refractivity contribution in [1.29, 1.82) is 0 Å². The SMILES string of the molecule is CSCOC[C@H]1O[C@@H](n2ccc(=O)[nH]c2=O)[C@H](O)[C@@H]1OP(=O)(O)OP(=O)(O)OP(=O)(O)O. The van der Waals surface area contributed by atoms with Crippen LogP contribution in [-0.2, 0) is 36.3 Å². The third-order valence-electron chi connectivity index (χ3n) is 3.59. The van der Waals surface area contributed by atoms with E-state index in [1.807, 2.05) is 4.98 Å². The Hall–Kier alpha value is -0.680. The summed E-state index contributed by atoms with van der Waals surface area (Å²) in [7, 11) is -17.0. The largest absolute Gasteiger partial charge is 0.490 e. The van der Waals surface area contributed by atoms with Gasteiger partial charge in [-0.2, -0.15) is 8.62 Å². The first kappa shape index (κ1) is 27.6. The molecule has 1 fully saturated rings. The number of aromatic amines is 1. The standard InChI is InChI=1S/C11H19N2O15P3S/c1-32-5-24-4-6-9(26-30(20,21)28-31(22,23)27-29(17,18)19)8(15)10(25-6)13-3-2-7(14)12-11(13)16/h2-3,6,8-10,15H,4-5H2,1H3,(H,20,21)(H,22,23)(H,12,14,16)(H2,17,18,19)/t6-,8-,9-,10-/m1/s1. The first-order valence-electron chi connectivity index (χ1n) is 8.18. The lowest BCUT2D eigenvalue weighted by Gasteiger charge is -2.23. The summed E-state index contributed by atoms with van der Waals surface area (Å²) in [5, 5.41) is 10.5. The number of nitrogens with one attached hydrogen (secondary N) is 1. The smallest absolute Gasteiger partial charge is 0.386 e. The predicted molar refractivity (Wildman–Crippen MR) is 104 cm³/mol. The summed E-state index contributed by atoms with van der Waals surface area (Å²) in [5.74, 6) is 0.126. The van der Waals surface area contributed by atoms with Gasteiger partial charge in [-0.3, -0.25) is 18.9 Å². The highest BCUT2D eigenvalue weighted by Crippen LogP contribution is 2.67. The Morgan fingerprint density at radius 2 is 1.81 bits per heavy atom. The molecule has 21 heteroatoms. The zero-order valence-corrected chi connectivity index (χ0v) is 19.4. The molecule has 1 aliphatic rings. The van der Waals surface area contributed by atoms with E-state index >= 15 is 0 Å². The number of hydrogen-bond donors (Lipinski definition) is 6. The average Bonchev–Trinajstić information content (AvgIpc) is 2.88. The molecule has 0 saturated carbocycles. The summed E-state index contributed by atoms with van der Waals surface area (Å²) < 4.78 is 57.8. The number of hydrogen-bond acceptors (Lipinski definition) is 12. The second-order valence-electron chi connectivity index (χ2n) is 6.01. The number of H-pyrrole nitrogens is 1. The lowest BCUT2D eigenvalue weighted by atomic mass is 10.1. The lowest BCUT2D eigenvalue weighted by molar-refractivity contribution is -0.0627. The monoisotopic (exact) mass is 544 g/mol. The highest BCUT2D eigenvalue weighted by atomic mass is 32.2. The van der Waals surface area contributed by atoms with Crippen LogP contribution in [0.25, 0.3) is 0 Å². The fourth-order valence-electron chi connectivity index (χ4n) is 2.54. The van der Waals surface area contributed by atoms with Crippen molar-refractivity contribution < 1.29 is 61.0 Å². The van der Waals surface area contributed by atoms with Gasteiger partial charge in [0.2, 0.25) is 0 Å². The highest BCUT2D eigenvalue weighted by Gasteiger charge is 2.51. The summed E-state index contributed by atoms with van der Waals surface area (Å²) >= 11 is 1.25. The van der Waals surface area contributed by atoms with E-state index in [-0.39, 0.29) is 12.5 Å². The second-order valence-corrected chi connectivity index (χ2v) is 11.2. The Morgan fingerprint density at radius 3 is 2.38 bits per heavy atom. The predicted octanol–water partition coefficient (Wildman–Crippen LogP) is -1.16. The van der Waals surface area contributed by atoms with Crippen LogP contribution in [0.2, 0.25) is 0 Å². The molecule has 1 aromatic heterocycles. The minimum Gasteiger partial charge on any atom is -0.386 e. The average molecular weight is 544 g/mol. The Bertz CT molecular complexity index is 1050.